The number of hydrogen-bond donors (Lipinski definition) is 0. The van der Waals surface area contributed by atoms with E-state index in [0.29, 0.717) is 10.7 Å². The van der Waals surface area contributed by atoms with Crippen LogP contribution in [0.25, 0.3) is 5.57 Å². The normalized spacial score (nSPS) is 20.7. The van der Waals surface area contributed by atoms with Crippen LogP contribution in [-0.4, -0.2) is 16.7 Å². The Hall–Kier alpha value is -2.46. The quantitative estimate of drug-likeness (QED) is 0.584. The standard InChI is InChI=1S/C19H17ClN2O2/c1-12-17(14-8-4-3-5-9-14)18(15-10-6-7-11-16(15)20)19(22(23)24)13(2)21-12/h3-11,18-19H,1-2H3. The van der Waals surface area contributed by atoms with Crippen LogP contribution < -0.4 is 0 Å². The minimum absolute atomic E-state index is 0.262. The van der Waals surface area contributed by atoms with Gasteiger partial charge < -0.3 is 0 Å². The zero-order chi connectivity index (χ0) is 17.3. The second-order valence-electron chi connectivity index (χ2n) is 5.85. The lowest BCUT2D eigenvalue weighted by atomic mass is 9.77. The van der Waals surface area contributed by atoms with E-state index < -0.39 is 12.0 Å². The van der Waals surface area contributed by atoms with E-state index in [1.54, 1.807) is 13.0 Å². The first kappa shape index (κ1) is 16.4. The first-order valence-electron chi connectivity index (χ1n) is 7.70. The maximum absolute atomic E-state index is 11.8. The summed E-state index contributed by atoms with van der Waals surface area (Å²) in [5.41, 5.74) is 3.84. The van der Waals surface area contributed by atoms with Gasteiger partial charge >= 0.3 is 0 Å². The molecule has 122 valence electrons. The summed E-state index contributed by atoms with van der Waals surface area (Å²) in [4.78, 5) is 16.0. The minimum Gasteiger partial charge on any atom is -0.264 e. The van der Waals surface area contributed by atoms with Crippen LogP contribution in [0.5, 0.6) is 0 Å². The summed E-state index contributed by atoms with van der Waals surface area (Å²) >= 11 is 6.39. The number of halogens is 1. The summed E-state index contributed by atoms with van der Waals surface area (Å²) in [6.45, 7) is 3.61. The molecular formula is C19H17ClN2O2. The first-order chi connectivity index (χ1) is 11.5. The summed E-state index contributed by atoms with van der Waals surface area (Å²) in [7, 11) is 0. The van der Waals surface area contributed by atoms with Crippen LogP contribution in [0, 0.1) is 10.1 Å². The molecule has 0 amide bonds. The Morgan fingerprint density at radius 3 is 2.29 bits per heavy atom. The molecule has 0 saturated carbocycles. The van der Waals surface area contributed by atoms with E-state index in [2.05, 4.69) is 4.99 Å². The maximum Gasteiger partial charge on any atom is 0.261 e. The molecule has 0 fully saturated rings. The Morgan fingerprint density at radius 1 is 1.04 bits per heavy atom. The van der Waals surface area contributed by atoms with Crippen molar-refractivity contribution in [1.29, 1.82) is 0 Å². The van der Waals surface area contributed by atoms with Gasteiger partial charge in [0.05, 0.1) is 11.6 Å². The van der Waals surface area contributed by atoms with Crippen molar-refractivity contribution < 1.29 is 4.92 Å². The summed E-state index contributed by atoms with van der Waals surface area (Å²) in [5, 5.41) is 12.3. The van der Waals surface area contributed by atoms with Gasteiger partial charge in [-0.15, -0.1) is 0 Å². The fourth-order valence-electron chi connectivity index (χ4n) is 3.35. The molecule has 0 N–H and O–H groups in total. The average Bonchev–Trinajstić information content (AvgIpc) is 2.55. The van der Waals surface area contributed by atoms with Crippen molar-refractivity contribution in [3.63, 3.8) is 0 Å². The lowest BCUT2D eigenvalue weighted by Gasteiger charge is -2.29. The molecule has 5 heteroatoms. The van der Waals surface area contributed by atoms with Crippen molar-refractivity contribution in [1.82, 2.24) is 0 Å². The molecule has 1 aliphatic heterocycles. The van der Waals surface area contributed by atoms with E-state index in [1.807, 2.05) is 55.5 Å². The van der Waals surface area contributed by atoms with Crippen LogP contribution in [0.3, 0.4) is 0 Å². The summed E-state index contributed by atoms with van der Waals surface area (Å²) in [6.07, 6.45) is 0. The van der Waals surface area contributed by atoms with Gasteiger partial charge in [-0.25, -0.2) is 0 Å². The number of aliphatic imine (C=N–C) groups is 1. The Morgan fingerprint density at radius 2 is 1.67 bits per heavy atom. The monoisotopic (exact) mass is 340 g/mol. The molecule has 0 aromatic heterocycles. The van der Waals surface area contributed by atoms with Gasteiger partial charge in [0.15, 0.2) is 0 Å². The van der Waals surface area contributed by atoms with Crippen molar-refractivity contribution >= 4 is 22.9 Å². The summed E-state index contributed by atoms with van der Waals surface area (Å²) in [6, 6.07) is 16.1. The predicted octanol–water partition coefficient (Wildman–Crippen LogP) is 4.97. The maximum atomic E-state index is 11.8. The third-order valence-electron chi connectivity index (χ3n) is 4.34. The molecule has 2 aromatic rings. The van der Waals surface area contributed by atoms with Crippen LogP contribution in [0.4, 0.5) is 0 Å². The minimum atomic E-state index is -0.927. The van der Waals surface area contributed by atoms with Crippen LogP contribution in [-0.2, 0) is 0 Å². The van der Waals surface area contributed by atoms with Crippen molar-refractivity contribution in [3.05, 3.63) is 86.6 Å². The molecule has 2 unspecified atom stereocenters. The number of nitrogens with zero attached hydrogens (tertiary/aromatic N) is 2. The topological polar surface area (TPSA) is 55.5 Å². The molecule has 24 heavy (non-hydrogen) atoms. The zero-order valence-corrected chi connectivity index (χ0v) is 14.2. The first-order valence-corrected chi connectivity index (χ1v) is 8.07. The highest BCUT2D eigenvalue weighted by molar-refractivity contribution is 6.31. The molecule has 4 nitrogen and oxygen atoms in total. The van der Waals surface area contributed by atoms with E-state index in [9.17, 15) is 10.1 Å². The molecule has 1 heterocycles. The van der Waals surface area contributed by atoms with E-state index in [0.717, 1.165) is 22.4 Å². The van der Waals surface area contributed by atoms with Crippen LogP contribution in [0.1, 0.15) is 30.9 Å². The summed E-state index contributed by atoms with van der Waals surface area (Å²) < 4.78 is 0. The highest BCUT2D eigenvalue weighted by atomic mass is 35.5. The van der Waals surface area contributed by atoms with Crippen LogP contribution in [0.15, 0.2) is 65.3 Å². The number of benzene rings is 2. The Kier molecular flexibility index (Phi) is 4.49. The zero-order valence-electron chi connectivity index (χ0n) is 13.4. The highest BCUT2D eigenvalue weighted by Crippen LogP contribution is 2.43. The van der Waals surface area contributed by atoms with Gasteiger partial charge in [-0.05, 0) is 36.6 Å². The summed E-state index contributed by atoms with van der Waals surface area (Å²) in [5.74, 6) is -0.464. The predicted molar refractivity (Wildman–Crippen MR) is 97.1 cm³/mol. The van der Waals surface area contributed by atoms with Crippen molar-refractivity contribution in [2.45, 2.75) is 25.8 Å². The molecule has 0 bridgehead atoms. The van der Waals surface area contributed by atoms with Gasteiger partial charge in [0.2, 0.25) is 0 Å². The number of hydrogen-bond acceptors (Lipinski definition) is 3. The molecule has 1 aliphatic rings. The van der Waals surface area contributed by atoms with E-state index in [4.69, 9.17) is 11.6 Å². The van der Waals surface area contributed by atoms with Crippen LogP contribution in [0.2, 0.25) is 5.02 Å². The smallest absolute Gasteiger partial charge is 0.261 e. The Labute approximate surface area is 145 Å². The molecule has 0 aliphatic carbocycles. The largest absolute Gasteiger partial charge is 0.264 e. The van der Waals surface area contributed by atoms with Crippen LogP contribution >= 0.6 is 11.6 Å². The van der Waals surface area contributed by atoms with E-state index in [-0.39, 0.29) is 4.92 Å². The number of rotatable bonds is 3. The lowest BCUT2D eigenvalue weighted by Crippen LogP contribution is -2.37. The van der Waals surface area contributed by atoms with Gasteiger partial charge in [0.1, 0.15) is 0 Å². The second kappa shape index (κ2) is 6.57. The van der Waals surface area contributed by atoms with E-state index in [1.165, 1.54) is 0 Å². The SMILES string of the molecule is CC1=NC(C)=C(c2ccccc2)C(c2ccccc2Cl)C1[N+](=O)[O-]. The Balaban J connectivity index is 2.28. The second-order valence-corrected chi connectivity index (χ2v) is 6.25. The fourth-order valence-corrected chi connectivity index (χ4v) is 3.60. The number of allylic oxidation sites excluding steroid dienone is 1. The molecule has 0 saturated heterocycles. The van der Waals surface area contributed by atoms with Crippen molar-refractivity contribution in [2.75, 3.05) is 0 Å². The van der Waals surface area contributed by atoms with Gasteiger partial charge in [-0.3, -0.25) is 15.1 Å². The molecule has 0 spiro atoms. The van der Waals surface area contributed by atoms with Gasteiger partial charge in [0.25, 0.3) is 6.04 Å². The molecule has 0 radical (unpaired) electrons. The molecular weight excluding hydrogens is 324 g/mol. The molecule has 2 aromatic carbocycles. The Bertz CT molecular complexity index is 843. The molecule has 3 rings (SSSR count). The molecule has 2 atom stereocenters. The van der Waals surface area contributed by atoms with Crippen molar-refractivity contribution in [2.24, 2.45) is 4.99 Å². The van der Waals surface area contributed by atoms with Gasteiger partial charge in [0, 0.05) is 15.6 Å². The van der Waals surface area contributed by atoms with E-state index >= 15 is 0 Å². The van der Waals surface area contributed by atoms with Gasteiger partial charge in [-0.2, -0.15) is 0 Å². The average molecular weight is 341 g/mol. The third kappa shape index (κ3) is 2.85. The fraction of sp³-hybridized carbons (Fsp3) is 0.211. The third-order valence-corrected chi connectivity index (χ3v) is 4.69. The van der Waals surface area contributed by atoms with Gasteiger partial charge in [-0.1, -0.05) is 60.1 Å². The van der Waals surface area contributed by atoms with Crippen molar-refractivity contribution in [3.8, 4) is 0 Å². The highest BCUT2D eigenvalue weighted by Gasteiger charge is 2.42. The number of nitro groups is 1. The lowest BCUT2D eigenvalue weighted by molar-refractivity contribution is -0.504.